The summed E-state index contributed by atoms with van der Waals surface area (Å²) in [6.07, 6.45) is 1.94. The Labute approximate surface area is 326 Å². The molecule has 2 aliphatic carbocycles. The second kappa shape index (κ2) is 18.0. The van der Waals surface area contributed by atoms with Gasteiger partial charge in [0.15, 0.2) is 0 Å². The fourth-order valence-corrected chi connectivity index (χ4v) is 7.50. The van der Waals surface area contributed by atoms with E-state index in [4.69, 9.17) is 16.5 Å². The van der Waals surface area contributed by atoms with Crippen LogP contribution in [0, 0.1) is 0 Å². The van der Waals surface area contributed by atoms with Crippen molar-refractivity contribution in [3.05, 3.63) is 94.5 Å². The first-order valence-corrected chi connectivity index (χ1v) is 17.4. The summed E-state index contributed by atoms with van der Waals surface area (Å²) in [6.45, 7) is 0. The van der Waals surface area contributed by atoms with E-state index in [0.717, 1.165) is 79.0 Å². The van der Waals surface area contributed by atoms with E-state index in [1.807, 2.05) is 18.1 Å². The maximum Gasteiger partial charge on any atom is 2.00 e. The number of nitrogens with one attached hydrogen (secondary N) is 4. The van der Waals surface area contributed by atoms with Crippen molar-refractivity contribution in [3.8, 4) is 33.5 Å². The topological polar surface area (TPSA) is 192 Å². The zero-order valence-electron chi connectivity index (χ0n) is 27.8. The first-order valence-electron chi connectivity index (χ1n) is 15.4. The molecule has 12 nitrogen and oxygen atoms in total. The number of methoxy groups -OCH3 is 2. The van der Waals surface area contributed by atoms with Crippen molar-refractivity contribution < 1.29 is 65.8 Å². The van der Waals surface area contributed by atoms with E-state index in [0.29, 0.717) is 5.57 Å². The van der Waals surface area contributed by atoms with Crippen molar-refractivity contribution in [1.82, 2.24) is 19.9 Å². The third-order valence-corrected chi connectivity index (χ3v) is 9.81. The van der Waals surface area contributed by atoms with Crippen LogP contribution in [-0.2, 0) is 81.9 Å². The molecule has 0 fully saturated rings. The van der Waals surface area contributed by atoms with Crippen LogP contribution in [0.15, 0.2) is 60.7 Å². The summed E-state index contributed by atoms with van der Waals surface area (Å²) >= 11 is 0. The van der Waals surface area contributed by atoms with Crippen LogP contribution >= 0.6 is 17.2 Å². The van der Waals surface area contributed by atoms with Gasteiger partial charge in [-0.2, -0.15) is 17.2 Å². The first-order chi connectivity index (χ1) is 24.2. The summed E-state index contributed by atoms with van der Waals surface area (Å²) in [7, 11) is 2.18. The van der Waals surface area contributed by atoms with Crippen LogP contribution in [-0.4, -0.2) is 58.4 Å². The number of aromatic amines is 2. The van der Waals surface area contributed by atoms with Crippen molar-refractivity contribution in [2.24, 2.45) is 0 Å². The Morgan fingerprint density at radius 1 is 0.692 bits per heavy atom. The molecule has 16 heteroatoms. The second-order valence-corrected chi connectivity index (χ2v) is 13.2. The number of aryl methyl sites for hydroxylation is 2. The second-order valence-electron chi connectivity index (χ2n) is 11.3. The number of nitrogens with zero attached hydrogens (tertiary/aromatic N) is 2. The van der Waals surface area contributed by atoms with Gasteiger partial charge in [0.25, 0.3) is 0 Å². The number of ether oxygens (including phenoxy) is 2. The normalized spacial score (nSPS) is 12.1. The number of H-pyrrole nitrogens is 2. The molecular formula is C36H30N6O6P2V2. The van der Waals surface area contributed by atoms with Gasteiger partial charge in [0.1, 0.15) is 0 Å². The van der Waals surface area contributed by atoms with Crippen LogP contribution in [0.4, 0.5) is 9.59 Å². The minimum Gasteiger partial charge on any atom is -0.632 e. The molecule has 8 rings (SSSR count). The van der Waals surface area contributed by atoms with E-state index in [1.54, 1.807) is 0 Å². The van der Waals surface area contributed by atoms with Crippen LogP contribution in [0.1, 0.15) is 22.4 Å². The Morgan fingerprint density at radius 2 is 1.23 bits per heavy atom. The Kier molecular flexibility index (Phi) is 14.0. The van der Waals surface area contributed by atoms with Gasteiger partial charge in [-0.05, 0) is 93.6 Å². The number of hydrogen-bond donors (Lipinski definition) is 2. The first kappa shape index (κ1) is 40.5. The summed E-state index contributed by atoms with van der Waals surface area (Å²) in [5.74, 6) is 0. The van der Waals surface area contributed by atoms with Crippen molar-refractivity contribution in [2.45, 2.75) is 25.7 Å². The summed E-state index contributed by atoms with van der Waals surface area (Å²) in [4.78, 5) is 56.0. The summed E-state index contributed by atoms with van der Waals surface area (Å²) in [5, 5.41) is 2.55. The number of benzene rings is 4. The van der Waals surface area contributed by atoms with Gasteiger partial charge in [0.2, 0.25) is 12.2 Å². The predicted molar refractivity (Wildman–Crippen MR) is 198 cm³/mol. The number of hydrogen-bond acceptors (Lipinski definition) is 8. The Morgan fingerprint density at radius 3 is 1.90 bits per heavy atom. The molecule has 0 saturated carbocycles. The minimum atomic E-state index is -0.995. The fourth-order valence-electron chi connectivity index (χ4n) is 6.55. The zero-order valence-corrected chi connectivity index (χ0v) is 32.6. The van der Waals surface area contributed by atoms with E-state index < -0.39 is 12.2 Å². The van der Waals surface area contributed by atoms with Gasteiger partial charge < -0.3 is 40.5 Å². The summed E-state index contributed by atoms with van der Waals surface area (Å²) in [6, 6.07) is 25.9. The fraction of sp³-hybridized carbons (Fsp3) is 0.167. The van der Waals surface area contributed by atoms with Gasteiger partial charge in [-0.15, -0.1) is 0 Å². The molecule has 4 aromatic carbocycles. The molecule has 2 atom stereocenters. The molecule has 260 valence electrons. The van der Waals surface area contributed by atoms with Crippen LogP contribution in [0.3, 0.4) is 0 Å². The number of fused-ring (bicyclic) bond motifs is 10. The SMILES string of the molecule is COC([NH-])=O.COC([NH-])=O.O=[C-]Pc1nc2c([nH]1)CCc1c-2ccc2c1CCc1c-2ccc2cc(-c3ccc4nc(P[C-]=O)[nH]c4c3)ccc12.[V+2].[V+2]. The van der Waals surface area contributed by atoms with E-state index >= 15 is 0 Å². The number of rotatable bonds is 5. The molecule has 2 aliphatic rings. The molecule has 0 bridgehead atoms. The largest absolute Gasteiger partial charge is 2.00 e. The van der Waals surface area contributed by atoms with Crippen LogP contribution in [0.25, 0.3) is 66.8 Å². The maximum atomic E-state index is 10.9. The van der Waals surface area contributed by atoms with E-state index in [-0.39, 0.29) is 54.3 Å². The molecule has 2 aromatic heterocycles. The molecule has 0 aliphatic heterocycles. The van der Waals surface area contributed by atoms with Gasteiger partial charge in [-0.3, -0.25) is 9.59 Å². The van der Waals surface area contributed by atoms with Crippen molar-refractivity contribution in [3.63, 3.8) is 0 Å². The monoisotopic (exact) mass is 806 g/mol. The standard InChI is InChI=1S/C32H22N4O2P2.2C2H5NO2.2V/c37-15-39-31-33-27-11-3-18(14-29(27)35-31)17-1-4-20-19(13-17)2-5-22-21(20)6-7-24-23(22)8-9-26-25(24)10-12-28-30(26)36-32(34-28)40-16-38;2*1-5-2(3)4;;/h1-5,8-9,11,13-14,39-40H,6-7,10,12H2,(H,33,35)(H,34,36);2*1H3,(H2,3,4);;/q-2;;;2*+2/p-2. The van der Waals surface area contributed by atoms with Gasteiger partial charge in [0, 0.05) is 11.3 Å². The van der Waals surface area contributed by atoms with Crippen LogP contribution < -0.4 is 11.1 Å². The zero-order chi connectivity index (χ0) is 35.4. The van der Waals surface area contributed by atoms with Crippen LogP contribution in [0.5, 0.6) is 0 Å². The average molecular weight is 807 g/mol. The van der Waals surface area contributed by atoms with Gasteiger partial charge in [-0.25, -0.2) is 22.0 Å². The molecular weight excluding hydrogens is 776 g/mol. The molecule has 6 aromatic rings. The predicted octanol–water partition coefficient (Wildman–Crippen LogP) is 6.98. The quantitative estimate of drug-likeness (QED) is 0.138. The van der Waals surface area contributed by atoms with Crippen molar-refractivity contribution >= 4 is 74.3 Å². The molecule has 52 heavy (non-hydrogen) atoms. The number of imidazole rings is 2. The molecule has 0 spiro atoms. The number of carbonyl (C=O) groups excluding carboxylic acids is 4. The van der Waals surface area contributed by atoms with Crippen LogP contribution in [0.2, 0.25) is 0 Å². The molecule has 2 heterocycles. The third kappa shape index (κ3) is 8.50. The van der Waals surface area contributed by atoms with Gasteiger partial charge in [-0.1, -0.05) is 42.5 Å². The van der Waals surface area contributed by atoms with Crippen molar-refractivity contribution in [2.75, 3.05) is 14.2 Å². The van der Waals surface area contributed by atoms with E-state index in [2.05, 4.69) is 79.0 Å². The maximum absolute atomic E-state index is 10.9. The minimum absolute atomic E-state index is 0. The van der Waals surface area contributed by atoms with Gasteiger partial charge in [0.05, 0.1) is 42.1 Å². The number of amides is 2. The van der Waals surface area contributed by atoms with Crippen molar-refractivity contribution in [1.29, 1.82) is 0 Å². The van der Waals surface area contributed by atoms with E-state index in [1.165, 1.54) is 44.2 Å². The Balaban J connectivity index is 0.000000450. The Bertz CT molecular complexity index is 2280. The third-order valence-electron chi connectivity index (χ3n) is 8.66. The van der Waals surface area contributed by atoms with Gasteiger partial charge >= 0.3 is 37.1 Å². The smallest absolute Gasteiger partial charge is 0.632 e. The molecule has 2 radical (unpaired) electrons. The molecule has 2 amide bonds. The molecule has 2 unspecified atom stereocenters. The summed E-state index contributed by atoms with van der Waals surface area (Å²) in [5.41, 5.74) is 27.7. The number of aromatic nitrogens is 4. The molecule has 4 N–H and O–H groups in total. The molecule has 0 saturated heterocycles. The average Bonchev–Trinajstić information content (AvgIpc) is 3.74. The summed E-state index contributed by atoms with van der Waals surface area (Å²) < 4.78 is 7.56. The Hall–Kier alpha value is -4.27. The van der Waals surface area contributed by atoms with E-state index in [9.17, 15) is 19.2 Å². The number of carbonyl (C=O) groups is 2.